The maximum Gasteiger partial charge on any atom is 0.246 e. The van der Waals surface area contributed by atoms with E-state index in [4.69, 9.17) is 5.73 Å². The van der Waals surface area contributed by atoms with Crippen LogP contribution in [0, 0.1) is 11.3 Å². The minimum Gasteiger partial charge on any atom is -0.355 e. The predicted octanol–water partition coefficient (Wildman–Crippen LogP) is 0.638. The summed E-state index contributed by atoms with van der Waals surface area (Å²) < 4.78 is 0. The zero-order valence-electron chi connectivity index (χ0n) is 16.1. The second kappa shape index (κ2) is 9.08. The average Bonchev–Trinajstić information content (AvgIpc) is 3.07. The molecule has 0 aromatic rings. The molecule has 0 radical (unpaired) electrons. The van der Waals surface area contributed by atoms with Crippen LogP contribution in [0.2, 0.25) is 0 Å². The second-order valence-corrected chi connectivity index (χ2v) is 9.32. The molecule has 0 aromatic carbocycles. The molecule has 2 saturated heterocycles. The Morgan fingerprint density at radius 3 is 2.65 bits per heavy atom. The zero-order chi connectivity index (χ0) is 19.3. The molecule has 2 unspecified atom stereocenters. The maximum absolute atomic E-state index is 13.0. The predicted molar refractivity (Wildman–Crippen MR) is 103 cm³/mol. The lowest BCUT2D eigenvalue weighted by Gasteiger charge is -2.35. The Morgan fingerprint density at radius 2 is 2.00 bits per heavy atom. The van der Waals surface area contributed by atoms with E-state index in [1.54, 1.807) is 21.6 Å². The number of piperidine rings is 1. The number of likely N-dealkylation sites (tertiary alicyclic amines) is 1. The minimum atomic E-state index is -0.402. The number of hydrogen-bond donors (Lipinski definition) is 2. The van der Waals surface area contributed by atoms with Crippen molar-refractivity contribution < 1.29 is 14.4 Å². The van der Waals surface area contributed by atoms with E-state index in [1.165, 1.54) is 0 Å². The summed E-state index contributed by atoms with van der Waals surface area (Å²) in [6, 6.07) is -0.402. The van der Waals surface area contributed by atoms with Gasteiger partial charge in [0.05, 0.1) is 11.8 Å². The number of hydrogen-bond acceptors (Lipinski definition) is 5. The van der Waals surface area contributed by atoms with Crippen molar-refractivity contribution in [3.63, 3.8) is 0 Å². The molecule has 2 aliphatic heterocycles. The van der Waals surface area contributed by atoms with Crippen molar-refractivity contribution in [3.8, 4) is 0 Å². The van der Waals surface area contributed by atoms with Gasteiger partial charge in [-0.2, -0.15) is 0 Å². The van der Waals surface area contributed by atoms with Gasteiger partial charge in [0.2, 0.25) is 17.7 Å². The summed E-state index contributed by atoms with van der Waals surface area (Å²) >= 11 is 1.62. The average molecular weight is 385 g/mol. The van der Waals surface area contributed by atoms with Gasteiger partial charge in [0, 0.05) is 38.4 Å². The normalized spacial score (nSPS) is 23.8. The number of nitrogens with one attached hydrogen (secondary N) is 1. The highest BCUT2D eigenvalue weighted by Gasteiger charge is 2.39. The molecule has 2 heterocycles. The molecule has 3 amide bonds. The van der Waals surface area contributed by atoms with Crippen molar-refractivity contribution in [1.29, 1.82) is 0 Å². The molecule has 3 N–H and O–H groups in total. The Kier molecular flexibility index (Phi) is 7.34. The summed E-state index contributed by atoms with van der Waals surface area (Å²) in [5, 5.41) is 2.81. The van der Waals surface area contributed by atoms with Crippen molar-refractivity contribution >= 4 is 29.5 Å². The maximum atomic E-state index is 13.0. The fraction of sp³-hybridized carbons (Fsp3) is 0.833. The summed E-state index contributed by atoms with van der Waals surface area (Å²) in [5.41, 5.74) is 5.33. The summed E-state index contributed by atoms with van der Waals surface area (Å²) in [4.78, 5) is 41.3. The van der Waals surface area contributed by atoms with Crippen LogP contribution in [0.3, 0.4) is 0 Å². The van der Waals surface area contributed by atoms with E-state index in [2.05, 4.69) is 5.32 Å². The number of carbonyl (C=O) groups excluding carboxylic acids is 3. The van der Waals surface area contributed by atoms with Gasteiger partial charge in [-0.1, -0.05) is 20.8 Å². The van der Waals surface area contributed by atoms with E-state index in [0.717, 1.165) is 12.8 Å². The van der Waals surface area contributed by atoms with E-state index in [9.17, 15) is 14.4 Å². The number of amides is 3. The Balaban J connectivity index is 1.98. The summed E-state index contributed by atoms with van der Waals surface area (Å²) in [6.07, 6.45) is 2.02. The lowest BCUT2D eigenvalue weighted by atomic mass is 9.91. The van der Waals surface area contributed by atoms with Crippen LogP contribution < -0.4 is 11.1 Å². The van der Waals surface area contributed by atoms with E-state index in [-0.39, 0.29) is 29.1 Å². The highest BCUT2D eigenvalue weighted by atomic mass is 32.2. The monoisotopic (exact) mass is 384 g/mol. The quantitative estimate of drug-likeness (QED) is 0.725. The van der Waals surface area contributed by atoms with Crippen LogP contribution in [0.1, 0.15) is 40.0 Å². The number of carbonyl (C=O) groups is 3. The lowest BCUT2D eigenvalue weighted by Crippen LogP contribution is -2.53. The molecule has 2 fully saturated rings. The van der Waals surface area contributed by atoms with Crippen LogP contribution in [0.5, 0.6) is 0 Å². The van der Waals surface area contributed by atoms with E-state index in [1.807, 2.05) is 20.8 Å². The minimum absolute atomic E-state index is 0.0198. The molecule has 2 aliphatic rings. The van der Waals surface area contributed by atoms with Crippen molar-refractivity contribution in [2.75, 3.05) is 37.8 Å². The molecular weight excluding hydrogens is 352 g/mol. The molecule has 0 bridgehead atoms. The molecule has 26 heavy (non-hydrogen) atoms. The fourth-order valence-electron chi connectivity index (χ4n) is 3.39. The third kappa shape index (κ3) is 5.61. The van der Waals surface area contributed by atoms with Gasteiger partial charge in [-0.3, -0.25) is 14.4 Å². The second-order valence-electron chi connectivity index (χ2n) is 8.32. The van der Waals surface area contributed by atoms with Gasteiger partial charge in [0.1, 0.15) is 6.04 Å². The third-order valence-corrected chi connectivity index (χ3v) is 5.73. The van der Waals surface area contributed by atoms with E-state index in [0.29, 0.717) is 44.2 Å². The molecule has 0 aromatic heterocycles. The molecule has 2 rings (SSSR count). The Hall–Kier alpha value is -1.28. The fourth-order valence-corrected chi connectivity index (χ4v) is 4.56. The van der Waals surface area contributed by atoms with E-state index >= 15 is 0 Å². The Morgan fingerprint density at radius 1 is 1.27 bits per heavy atom. The summed E-state index contributed by atoms with van der Waals surface area (Å²) in [7, 11) is 0. The zero-order valence-corrected chi connectivity index (χ0v) is 16.9. The van der Waals surface area contributed by atoms with Gasteiger partial charge in [0.25, 0.3) is 0 Å². The van der Waals surface area contributed by atoms with Crippen LogP contribution >= 0.6 is 11.8 Å². The summed E-state index contributed by atoms with van der Waals surface area (Å²) in [6.45, 7) is 8.03. The largest absolute Gasteiger partial charge is 0.355 e. The van der Waals surface area contributed by atoms with Gasteiger partial charge in [-0.05, 0) is 18.3 Å². The van der Waals surface area contributed by atoms with Gasteiger partial charge < -0.3 is 20.9 Å². The summed E-state index contributed by atoms with van der Waals surface area (Å²) in [5.74, 6) is 1.000. The van der Waals surface area contributed by atoms with Crippen molar-refractivity contribution in [3.05, 3.63) is 0 Å². The van der Waals surface area contributed by atoms with Crippen molar-refractivity contribution in [2.45, 2.75) is 46.1 Å². The van der Waals surface area contributed by atoms with Gasteiger partial charge >= 0.3 is 0 Å². The van der Waals surface area contributed by atoms with Gasteiger partial charge in [-0.15, -0.1) is 11.8 Å². The Labute approximate surface area is 160 Å². The van der Waals surface area contributed by atoms with Crippen LogP contribution in [-0.2, 0) is 14.4 Å². The number of nitrogens with two attached hydrogens (primary N) is 1. The smallest absolute Gasteiger partial charge is 0.246 e. The first-order valence-corrected chi connectivity index (χ1v) is 10.5. The van der Waals surface area contributed by atoms with Gasteiger partial charge in [-0.25, -0.2) is 0 Å². The topological polar surface area (TPSA) is 95.7 Å². The Bertz CT molecular complexity index is 535. The van der Waals surface area contributed by atoms with Crippen molar-refractivity contribution in [2.24, 2.45) is 17.1 Å². The first-order chi connectivity index (χ1) is 12.2. The SMILES string of the molecule is CC(C)(C)CC(=O)N1CSCC1C(=O)N1CCCC(C(=O)NCCN)C1. The molecule has 2 atom stereocenters. The number of rotatable bonds is 5. The molecule has 7 nitrogen and oxygen atoms in total. The van der Waals surface area contributed by atoms with Crippen LogP contribution in [-0.4, -0.2) is 71.4 Å². The molecule has 8 heteroatoms. The molecule has 0 aliphatic carbocycles. The van der Waals surface area contributed by atoms with Gasteiger partial charge in [0.15, 0.2) is 0 Å². The van der Waals surface area contributed by atoms with Crippen LogP contribution in [0.25, 0.3) is 0 Å². The molecular formula is C18H32N4O3S. The van der Waals surface area contributed by atoms with Crippen molar-refractivity contribution in [1.82, 2.24) is 15.1 Å². The molecule has 0 spiro atoms. The highest BCUT2D eigenvalue weighted by molar-refractivity contribution is 7.99. The van der Waals surface area contributed by atoms with E-state index < -0.39 is 6.04 Å². The number of thioether (sulfide) groups is 1. The van der Waals surface area contributed by atoms with Crippen LogP contribution in [0.4, 0.5) is 0 Å². The first-order valence-electron chi connectivity index (χ1n) is 9.36. The first kappa shape index (κ1) is 21.0. The molecule has 0 saturated carbocycles. The lowest BCUT2D eigenvalue weighted by molar-refractivity contribution is -0.146. The standard InChI is InChI=1S/C18H32N4O3S/c1-18(2,3)9-15(23)22-12-26-11-14(22)17(25)21-8-4-5-13(10-21)16(24)20-7-6-19/h13-14H,4-12,19H2,1-3H3,(H,20,24). The highest BCUT2D eigenvalue weighted by Crippen LogP contribution is 2.28. The van der Waals surface area contributed by atoms with Crippen LogP contribution in [0.15, 0.2) is 0 Å². The number of nitrogens with zero attached hydrogens (tertiary/aromatic N) is 2. The third-order valence-electron chi connectivity index (χ3n) is 4.72. The molecule has 148 valence electrons.